The third-order valence-corrected chi connectivity index (χ3v) is 6.20. The molecule has 0 radical (unpaired) electrons. The fourth-order valence-electron chi connectivity index (χ4n) is 4.17. The maximum atomic E-state index is 13.4. The maximum absolute atomic E-state index is 13.4. The maximum Gasteiger partial charge on any atom is 0.269 e. The third kappa shape index (κ3) is 4.98. The minimum absolute atomic E-state index is 0.00280. The van der Waals surface area contributed by atoms with Crippen molar-refractivity contribution in [1.82, 2.24) is 4.90 Å². The highest BCUT2D eigenvalue weighted by atomic mass is 35.5. The van der Waals surface area contributed by atoms with Crippen LogP contribution in [0.15, 0.2) is 78.9 Å². The first kappa shape index (κ1) is 22.0. The zero-order chi connectivity index (χ0) is 22.5. The zero-order valence-corrected chi connectivity index (χ0v) is 18.3. The van der Waals surface area contributed by atoms with Crippen molar-refractivity contribution in [2.24, 2.45) is 0 Å². The molecule has 1 aliphatic heterocycles. The van der Waals surface area contributed by atoms with Crippen LogP contribution in [-0.4, -0.2) is 34.9 Å². The van der Waals surface area contributed by atoms with Crippen LogP contribution in [-0.2, 0) is 6.54 Å². The van der Waals surface area contributed by atoms with Crippen LogP contribution in [0.25, 0.3) is 0 Å². The van der Waals surface area contributed by atoms with E-state index in [4.69, 9.17) is 11.6 Å². The number of halogens is 1. The zero-order valence-electron chi connectivity index (χ0n) is 17.6. The Hall–Kier alpha value is -3.22. The van der Waals surface area contributed by atoms with Gasteiger partial charge in [-0.15, -0.1) is 0 Å². The summed E-state index contributed by atoms with van der Waals surface area (Å²) in [6, 6.07) is 23.7. The summed E-state index contributed by atoms with van der Waals surface area (Å²) in [5.74, 6) is -0.00280. The largest absolute Gasteiger partial charge is 0.305 e. The average molecular weight is 450 g/mol. The minimum Gasteiger partial charge on any atom is -0.305 e. The number of nitrogens with zero attached hydrogens (tertiary/aromatic N) is 3. The van der Waals surface area contributed by atoms with Gasteiger partial charge >= 0.3 is 0 Å². The van der Waals surface area contributed by atoms with Crippen LogP contribution in [0.4, 0.5) is 11.4 Å². The summed E-state index contributed by atoms with van der Waals surface area (Å²) in [6.07, 6.45) is 1.61. The summed E-state index contributed by atoms with van der Waals surface area (Å²) in [5, 5.41) is 11.6. The van der Waals surface area contributed by atoms with Gasteiger partial charge < -0.3 is 4.90 Å². The minimum atomic E-state index is -0.404. The van der Waals surface area contributed by atoms with Gasteiger partial charge in [0.05, 0.1) is 4.92 Å². The molecule has 0 aliphatic carbocycles. The Labute approximate surface area is 192 Å². The fraction of sp³-hybridized carbons (Fsp3) is 0.240. The molecular weight excluding hydrogens is 426 g/mol. The van der Waals surface area contributed by atoms with Crippen molar-refractivity contribution in [2.45, 2.75) is 25.4 Å². The van der Waals surface area contributed by atoms with Crippen molar-refractivity contribution in [2.75, 3.05) is 18.0 Å². The lowest BCUT2D eigenvalue weighted by Crippen LogP contribution is -2.47. The highest BCUT2D eigenvalue weighted by Crippen LogP contribution is 2.28. The smallest absolute Gasteiger partial charge is 0.269 e. The van der Waals surface area contributed by atoms with Crippen LogP contribution in [0.3, 0.4) is 0 Å². The normalized spacial score (nSPS) is 14.8. The Bertz CT molecular complexity index is 1080. The van der Waals surface area contributed by atoms with Crippen LogP contribution >= 0.6 is 11.6 Å². The Morgan fingerprint density at radius 1 is 1.00 bits per heavy atom. The SMILES string of the molecule is O=C(c1ccccc1)N(c1ccccc1)C1CCN(Cc2cc([N+](=O)[O-])ccc2Cl)CC1. The molecule has 4 rings (SSSR count). The molecule has 0 saturated carbocycles. The number of benzene rings is 3. The van der Waals surface area contributed by atoms with Crippen LogP contribution in [0.2, 0.25) is 5.02 Å². The molecule has 0 N–H and O–H groups in total. The van der Waals surface area contributed by atoms with Gasteiger partial charge in [0, 0.05) is 54.1 Å². The number of para-hydroxylation sites is 1. The van der Waals surface area contributed by atoms with Gasteiger partial charge in [-0.05, 0) is 48.7 Å². The molecular formula is C25H24ClN3O3. The number of rotatable bonds is 6. The second kappa shape index (κ2) is 9.94. The molecule has 7 heteroatoms. The monoisotopic (exact) mass is 449 g/mol. The molecule has 1 fully saturated rings. The van der Waals surface area contributed by atoms with Gasteiger partial charge in [-0.2, -0.15) is 0 Å². The molecule has 0 atom stereocenters. The van der Waals surface area contributed by atoms with Crippen molar-refractivity contribution in [3.05, 3.63) is 105 Å². The highest BCUT2D eigenvalue weighted by Gasteiger charge is 2.30. The first-order chi connectivity index (χ1) is 15.5. The molecule has 6 nitrogen and oxygen atoms in total. The molecule has 1 saturated heterocycles. The van der Waals surface area contributed by atoms with Crippen molar-refractivity contribution < 1.29 is 9.72 Å². The lowest BCUT2D eigenvalue weighted by atomic mass is 10.00. The van der Waals surface area contributed by atoms with E-state index in [2.05, 4.69) is 4.90 Å². The quantitative estimate of drug-likeness (QED) is 0.365. The van der Waals surface area contributed by atoms with E-state index >= 15 is 0 Å². The topological polar surface area (TPSA) is 66.7 Å². The molecule has 0 spiro atoms. The molecule has 1 amide bonds. The van der Waals surface area contributed by atoms with Crippen LogP contribution in [0, 0.1) is 10.1 Å². The van der Waals surface area contributed by atoms with Gasteiger partial charge in [0.15, 0.2) is 0 Å². The number of nitro benzene ring substituents is 1. The lowest BCUT2D eigenvalue weighted by Gasteiger charge is -2.38. The lowest BCUT2D eigenvalue weighted by molar-refractivity contribution is -0.384. The van der Waals surface area contributed by atoms with Gasteiger partial charge in [-0.3, -0.25) is 19.8 Å². The van der Waals surface area contributed by atoms with Crippen molar-refractivity contribution in [3.8, 4) is 0 Å². The number of nitro groups is 1. The van der Waals surface area contributed by atoms with Crippen LogP contribution < -0.4 is 4.90 Å². The number of likely N-dealkylation sites (tertiary alicyclic amines) is 1. The summed E-state index contributed by atoms with van der Waals surface area (Å²) in [4.78, 5) is 28.2. The number of piperidine rings is 1. The van der Waals surface area contributed by atoms with E-state index in [9.17, 15) is 14.9 Å². The molecule has 3 aromatic rings. The molecule has 0 bridgehead atoms. The molecule has 0 aromatic heterocycles. The first-order valence-electron chi connectivity index (χ1n) is 10.6. The Morgan fingerprint density at radius 3 is 2.25 bits per heavy atom. The van der Waals surface area contributed by atoms with E-state index < -0.39 is 4.92 Å². The fourth-order valence-corrected chi connectivity index (χ4v) is 4.35. The first-order valence-corrected chi connectivity index (χ1v) is 11.0. The van der Waals surface area contributed by atoms with E-state index in [0.717, 1.165) is 37.2 Å². The van der Waals surface area contributed by atoms with Crippen molar-refractivity contribution in [3.63, 3.8) is 0 Å². The third-order valence-electron chi connectivity index (χ3n) is 5.83. The van der Waals surface area contributed by atoms with E-state index in [0.29, 0.717) is 17.1 Å². The van der Waals surface area contributed by atoms with Gasteiger partial charge in [-0.1, -0.05) is 48.0 Å². The summed E-state index contributed by atoms with van der Waals surface area (Å²) < 4.78 is 0. The Balaban J connectivity index is 1.49. The van der Waals surface area contributed by atoms with Gasteiger partial charge in [0.25, 0.3) is 11.6 Å². The highest BCUT2D eigenvalue weighted by molar-refractivity contribution is 6.31. The predicted octanol–water partition coefficient (Wildman–Crippen LogP) is 5.56. The van der Waals surface area contributed by atoms with E-state index in [-0.39, 0.29) is 17.6 Å². The number of amides is 1. The molecule has 1 aliphatic rings. The Kier molecular flexibility index (Phi) is 6.83. The van der Waals surface area contributed by atoms with E-state index in [1.165, 1.54) is 6.07 Å². The van der Waals surface area contributed by atoms with Crippen LogP contribution in [0.1, 0.15) is 28.8 Å². The number of carbonyl (C=O) groups excluding carboxylic acids is 1. The number of hydrogen-bond acceptors (Lipinski definition) is 4. The van der Waals surface area contributed by atoms with E-state index in [1.807, 2.05) is 65.6 Å². The van der Waals surface area contributed by atoms with Crippen molar-refractivity contribution in [1.29, 1.82) is 0 Å². The van der Waals surface area contributed by atoms with Gasteiger partial charge in [-0.25, -0.2) is 0 Å². The van der Waals surface area contributed by atoms with Crippen molar-refractivity contribution >= 4 is 28.9 Å². The van der Waals surface area contributed by atoms with Gasteiger partial charge in [0.2, 0.25) is 0 Å². The molecule has 3 aromatic carbocycles. The summed E-state index contributed by atoms with van der Waals surface area (Å²) in [5.41, 5.74) is 2.35. The molecule has 1 heterocycles. The van der Waals surface area contributed by atoms with E-state index in [1.54, 1.807) is 12.1 Å². The molecule has 0 unspecified atom stereocenters. The Morgan fingerprint density at radius 2 is 1.62 bits per heavy atom. The number of carbonyl (C=O) groups is 1. The average Bonchev–Trinajstić information content (AvgIpc) is 2.83. The second-order valence-corrected chi connectivity index (χ2v) is 8.32. The second-order valence-electron chi connectivity index (χ2n) is 7.92. The van der Waals surface area contributed by atoms with Crippen LogP contribution in [0.5, 0.6) is 0 Å². The number of hydrogen-bond donors (Lipinski definition) is 0. The number of non-ortho nitro benzene ring substituents is 1. The molecule has 32 heavy (non-hydrogen) atoms. The standard InChI is InChI=1S/C25H24ClN3O3/c26-24-12-11-23(29(31)32)17-20(24)18-27-15-13-22(14-16-27)28(21-9-5-2-6-10-21)25(30)19-7-3-1-4-8-19/h1-12,17,22H,13-16,18H2. The van der Waals surface area contributed by atoms with Gasteiger partial charge in [0.1, 0.15) is 0 Å². The molecule has 164 valence electrons. The summed E-state index contributed by atoms with van der Waals surface area (Å²) in [6.45, 7) is 2.09. The summed E-state index contributed by atoms with van der Waals surface area (Å²) >= 11 is 6.29. The summed E-state index contributed by atoms with van der Waals surface area (Å²) in [7, 11) is 0. The predicted molar refractivity (Wildman–Crippen MR) is 126 cm³/mol. The number of anilines is 1.